The smallest absolute Gasteiger partial charge is 0.0475 e. The van der Waals surface area contributed by atoms with Gasteiger partial charge in [-0.05, 0) is 18.2 Å². The molecule has 0 aromatic heterocycles. The summed E-state index contributed by atoms with van der Waals surface area (Å²) >= 11 is 0. The van der Waals surface area contributed by atoms with Crippen LogP contribution in [0.15, 0.2) is 60.7 Å². The molecule has 0 spiro atoms. The van der Waals surface area contributed by atoms with Crippen LogP contribution in [0.5, 0.6) is 0 Å². The third-order valence-corrected chi connectivity index (χ3v) is 4.63. The summed E-state index contributed by atoms with van der Waals surface area (Å²) in [5, 5.41) is 3.44. The second kappa shape index (κ2) is 8.25. The van der Waals surface area contributed by atoms with Gasteiger partial charge in [-0.25, -0.2) is 0 Å². The molecular weight excluding hydrogens is 282 g/mol. The number of hydrogen-bond acceptors (Lipinski definition) is 3. The van der Waals surface area contributed by atoms with Gasteiger partial charge in [0.2, 0.25) is 0 Å². The Hall–Kier alpha value is -1.68. The lowest BCUT2D eigenvalue weighted by molar-refractivity contribution is 0.146. The third kappa shape index (κ3) is 4.64. The molecule has 1 N–H and O–H groups in total. The van der Waals surface area contributed by atoms with E-state index in [0.29, 0.717) is 6.04 Å². The SMILES string of the molecule is CN(Cc1ccccc1)C(CN1CCNCC1)c1ccccc1. The zero-order chi connectivity index (χ0) is 15.9. The van der Waals surface area contributed by atoms with Crippen LogP contribution in [0, 0.1) is 0 Å². The predicted molar refractivity (Wildman–Crippen MR) is 96.4 cm³/mol. The summed E-state index contributed by atoms with van der Waals surface area (Å²) in [6, 6.07) is 22.1. The molecule has 0 saturated carbocycles. The molecule has 1 aliphatic heterocycles. The van der Waals surface area contributed by atoms with Crippen LogP contribution in [0.1, 0.15) is 17.2 Å². The maximum atomic E-state index is 3.44. The quantitative estimate of drug-likeness (QED) is 0.885. The maximum absolute atomic E-state index is 3.44. The maximum Gasteiger partial charge on any atom is 0.0475 e. The van der Waals surface area contributed by atoms with Crippen molar-refractivity contribution in [3.63, 3.8) is 0 Å². The van der Waals surface area contributed by atoms with E-state index in [1.54, 1.807) is 0 Å². The number of nitrogens with zero attached hydrogens (tertiary/aromatic N) is 2. The van der Waals surface area contributed by atoms with Gasteiger partial charge >= 0.3 is 0 Å². The van der Waals surface area contributed by atoms with E-state index >= 15 is 0 Å². The van der Waals surface area contributed by atoms with Crippen molar-refractivity contribution in [2.24, 2.45) is 0 Å². The van der Waals surface area contributed by atoms with E-state index in [1.165, 1.54) is 11.1 Å². The summed E-state index contributed by atoms with van der Waals surface area (Å²) in [4.78, 5) is 5.06. The molecule has 0 amide bonds. The standard InChI is InChI=1S/C20H27N3/c1-22(16-18-8-4-2-5-9-18)20(19-10-6-3-7-11-19)17-23-14-12-21-13-15-23/h2-11,20-21H,12-17H2,1H3. The third-order valence-electron chi connectivity index (χ3n) is 4.63. The first-order valence-electron chi connectivity index (χ1n) is 8.55. The summed E-state index contributed by atoms with van der Waals surface area (Å²) < 4.78 is 0. The normalized spacial score (nSPS) is 17.3. The lowest BCUT2D eigenvalue weighted by Gasteiger charge is -2.35. The Morgan fingerprint density at radius 3 is 2.22 bits per heavy atom. The van der Waals surface area contributed by atoms with Crippen molar-refractivity contribution in [2.45, 2.75) is 12.6 Å². The van der Waals surface area contributed by atoms with E-state index in [4.69, 9.17) is 0 Å². The van der Waals surface area contributed by atoms with E-state index in [1.807, 2.05) is 0 Å². The van der Waals surface area contributed by atoms with Crippen LogP contribution in [0.3, 0.4) is 0 Å². The fraction of sp³-hybridized carbons (Fsp3) is 0.400. The first-order chi connectivity index (χ1) is 11.3. The Morgan fingerprint density at radius 2 is 1.57 bits per heavy atom. The summed E-state index contributed by atoms with van der Waals surface area (Å²) in [5.74, 6) is 0. The first-order valence-corrected chi connectivity index (χ1v) is 8.55. The lowest BCUT2D eigenvalue weighted by Crippen LogP contribution is -2.46. The zero-order valence-corrected chi connectivity index (χ0v) is 14.0. The minimum absolute atomic E-state index is 0.425. The number of piperazine rings is 1. The van der Waals surface area contributed by atoms with Gasteiger partial charge in [-0.2, -0.15) is 0 Å². The molecule has 2 aromatic carbocycles. The highest BCUT2D eigenvalue weighted by Crippen LogP contribution is 2.22. The van der Waals surface area contributed by atoms with Gasteiger partial charge in [-0.3, -0.25) is 9.80 Å². The second-order valence-corrected chi connectivity index (χ2v) is 6.38. The van der Waals surface area contributed by atoms with Crippen molar-refractivity contribution in [1.29, 1.82) is 0 Å². The van der Waals surface area contributed by atoms with Gasteiger partial charge < -0.3 is 5.32 Å². The highest BCUT2D eigenvalue weighted by molar-refractivity contribution is 5.21. The molecule has 3 nitrogen and oxygen atoms in total. The van der Waals surface area contributed by atoms with E-state index < -0.39 is 0 Å². The summed E-state index contributed by atoms with van der Waals surface area (Å²) in [6.45, 7) is 6.56. The molecule has 1 aliphatic rings. The van der Waals surface area contributed by atoms with Crippen LogP contribution in [0.4, 0.5) is 0 Å². The highest BCUT2D eigenvalue weighted by Gasteiger charge is 2.21. The van der Waals surface area contributed by atoms with Gasteiger partial charge in [0.05, 0.1) is 0 Å². The molecule has 122 valence electrons. The topological polar surface area (TPSA) is 18.5 Å². The second-order valence-electron chi connectivity index (χ2n) is 6.38. The predicted octanol–water partition coefficient (Wildman–Crippen LogP) is 2.76. The monoisotopic (exact) mass is 309 g/mol. The molecular formula is C20H27N3. The average molecular weight is 309 g/mol. The molecule has 3 rings (SSSR count). The number of likely N-dealkylation sites (N-methyl/N-ethyl adjacent to an activating group) is 1. The molecule has 0 aliphatic carbocycles. The van der Waals surface area contributed by atoms with Gasteiger partial charge in [0.1, 0.15) is 0 Å². The van der Waals surface area contributed by atoms with E-state index in [2.05, 4.69) is 82.8 Å². The Labute approximate surface area is 139 Å². The lowest BCUT2D eigenvalue weighted by atomic mass is 10.0. The average Bonchev–Trinajstić information content (AvgIpc) is 2.62. The van der Waals surface area contributed by atoms with E-state index in [9.17, 15) is 0 Å². The minimum Gasteiger partial charge on any atom is -0.314 e. The Kier molecular flexibility index (Phi) is 5.81. The van der Waals surface area contributed by atoms with Gasteiger partial charge in [-0.15, -0.1) is 0 Å². The van der Waals surface area contributed by atoms with E-state index in [-0.39, 0.29) is 0 Å². The van der Waals surface area contributed by atoms with Gasteiger partial charge in [0.15, 0.2) is 0 Å². The Bertz CT molecular complexity index is 564. The summed E-state index contributed by atoms with van der Waals surface area (Å²) in [7, 11) is 2.24. The van der Waals surface area contributed by atoms with Gasteiger partial charge in [0, 0.05) is 45.3 Å². The molecule has 23 heavy (non-hydrogen) atoms. The minimum atomic E-state index is 0.425. The Morgan fingerprint density at radius 1 is 0.957 bits per heavy atom. The van der Waals surface area contributed by atoms with Crippen LogP contribution in [-0.4, -0.2) is 49.6 Å². The first kappa shape index (κ1) is 16.2. The summed E-state index contributed by atoms with van der Waals surface area (Å²) in [6.07, 6.45) is 0. The molecule has 1 atom stereocenters. The number of rotatable bonds is 6. The van der Waals surface area contributed by atoms with Crippen LogP contribution in [0.2, 0.25) is 0 Å². The van der Waals surface area contributed by atoms with Crippen molar-refractivity contribution in [1.82, 2.24) is 15.1 Å². The molecule has 2 aromatic rings. The van der Waals surface area contributed by atoms with Gasteiger partial charge in [0.25, 0.3) is 0 Å². The molecule has 1 unspecified atom stereocenters. The molecule has 0 radical (unpaired) electrons. The van der Waals surface area contributed by atoms with Crippen molar-refractivity contribution >= 4 is 0 Å². The van der Waals surface area contributed by atoms with Crippen molar-refractivity contribution in [3.05, 3.63) is 71.8 Å². The molecule has 1 fully saturated rings. The number of hydrogen-bond donors (Lipinski definition) is 1. The highest BCUT2D eigenvalue weighted by atomic mass is 15.2. The van der Waals surface area contributed by atoms with Crippen LogP contribution < -0.4 is 5.32 Å². The number of benzene rings is 2. The molecule has 0 bridgehead atoms. The van der Waals surface area contributed by atoms with Gasteiger partial charge in [-0.1, -0.05) is 60.7 Å². The van der Waals surface area contributed by atoms with Crippen LogP contribution in [-0.2, 0) is 6.54 Å². The Balaban J connectivity index is 1.73. The molecule has 1 heterocycles. The van der Waals surface area contributed by atoms with Crippen molar-refractivity contribution < 1.29 is 0 Å². The molecule has 3 heteroatoms. The molecule has 1 saturated heterocycles. The van der Waals surface area contributed by atoms with Crippen LogP contribution in [0.25, 0.3) is 0 Å². The number of nitrogens with one attached hydrogen (secondary N) is 1. The zero-order valence-electron chi connectivity index (χ0n) is 14.0. The van der Waals surface area contributed by atoms with E-state index in [0.717, 1.165) is 39.3 Å². The fourth-order valence-corrected chi connectivity index (χ4v) is 3.29. The largest absolute Gasteiger partial charge is 0.314 e. The van der Waals surface area contributed by atoms with Crippen molar-refractivity contribution in [2.75, 3.05) is 39.8 Å². The summed E-state index contributed by atoms with van der Waals surface area (Å²) in [5.41, 5.74) is 2.78. The fourth-order valence-electron chi connectivity index (χ4n) is 3.29. The van der Waals surface area contributed by atoms with Crippen LogP contribution >= 0.6 is 0 Å². The van der Waals surface area contributed by atoms with Crippen molar-refractivity contribution in [3.8, 4) is 0 Å².